The molecule has 0 fully saturated rings. The minimum atomic E-state index is -3.81. The van der Waals surface area contributed by atoms with Crippen molar-refractivity contribution >= 4 is 10.0 Å². The van der Waals surface area contributed by atoms with E-state index in [0.717, 1.165) is 0 Å². The summed E-state index contributed by atoms with van der Waals surface area (Å²) in [7, 11) is -3.81. The lowest BCUT2D eigenvalue weighted by molar-refractivity contribution is 0.595. The van der Waals surface area contributed by atoms with Crippen molar-refractivity contribution in [3.8, 4) is 5.82 Å². The third-order valence-electron chi connectivity index (χ3n) is 2.09. The number of pyridine rings is 1. The molecule has 0 aliphatic heterocycles. The Morgan fingerprint density at radius 3 is 2.69 bits per heavy atom. The number of nitrogens with two attached hydrogens (primary N) is 1. The number of nitrogens with zero attached hydrogens (tertiary/aromatic N) is 3. The summed E-state index contributed by atoms with van der Waals surface area (Å²) in [6, 6.07) is 3.27. The molecule has 2 rings (SSSR count). The molecule has 2 aromatic heterocycles. The second-order valence-electron chi connectivity index (χ2n) is 3.28. The maximum absolute atomic E-state index is 11.5. The zero-order chi connectivity index (χ0) is 11.8. The molecule has 0 aliphatic rings. The average Bonchev–Trinajstić information content (AvgIpc) is 2.67. The van der Waals surface area contributed by atoms with Crippen LogP contribution in [-0.4, -0.2) is 23.2 Å². The van der Waals surface area contributed by atoms with Gasteiger partial charge in [-0.05, 0) is 24.6 Å². The Morgan fingerprint density at radius 1 is 1.38 bits per heavy atom. The number of hydrogen-bond donors (Lipinski definition) is 1. The number of rotatable bonds is 2. The lowest BCUT2D eigenvalue weighted by atomic mass is 10.3. The highest BCUT2D eigenvalue weighted by Gasteiger charge is 2.19. The van der Waals surface area contributed by atoms with Crippen LogP contribution in [0, 0.1) is 6.92 Å². The van der Waals surface area contributed by atoms with Crippen LogP contribution in [-0.2, 0) is 10.0 Å². The van der Waals surface area contributed by atoms with Crippen LogP contribution in [0.3, 0.4) is 0 Å². The summed E-state index contributed by atoms with van der Waals surface area (Å²) in [6.45, 7) is 1.66. The summed E-state index contributed by atoms with van der Waals surface area (Å²) < 4.78 is 24.3. The van der Waals surface area contributed by atoms with Crippen molar-refractivity contribution in [2.24, 2.45) is 5.14 Å². The van der Waals surface area contributed by atoms with E-state index in [9.17, 15) is 8.42 Å². The van der Waals surface area contributed by atoms with Gasteiger partial charge in [0.1, 0.15) is 4.90 Å². The molecule has 2 aromatic rings. The van der Waals surface area contributed by atoms with E-state index >= 15 is 0 Å². The smallest absolute Gasteiger partial charge is 0.236 e. The first kappa shape index (κ1) is 10.8. The molecule has 2 N–H and O–H groups in total. The molecule has 0 atom stereocenters. The molecule has 16 heavy (non-hydrogen) atoms. The van der Waals surface area contributed by atoms with Crippen molar-refractivity contribution in [2.45, 2.75) is 11.8 Å². The topological polar surface area (TPSA) is 90.9 Å². The molecule has 0 unspecified atom stereocenters. The van der Waals surface area contributed by atoms with E-state index in [2.05, 4.69) is 10.1 Å². The molecule has 6 nitrogen and oxygen atoms in total. The predicted octanol–water partition coefficient (Wildman–Crippen LogP) is 0.223. The highest BCUT2D eigenvalue weighted by atomic mass is 32.2. The van der Waals surface area contributed by atoms with Crippen molar-refractivity contribution in [1.29, 1.82) is 0 Å². The highest BCUT2D eigenvalue weighted by molar-refractivity contribution is 7.89. The number of aryl methyl sites for hydroxylation is 1. The molecule has 0 bridgehead atoms. The van der Waals surface area contributed by atoms with Gasteiger partial charge >= 0.3 is 0 Å². The molecule has 0 radical (unpaired) electrons. The first-order valence-electron chi connectivity index (χ1n) is 4.48. The number of primary sulfonamides is 1. The molecule has 0 saturated carbocycles. The quantitative estimate of drug-likeness (QED) is 0.810. The minimum absolute atomic E-state index is 0.00120. The normalized spacial score (nSPS) is 11.6. The first-order valence-corrected chi connectivity index (χ1v) is 6.03. The largest absolute Gasteiger partial charge is 0.242 e. The van der Waals surface area contributed by atoms with Gasteiger partial charge in [-0.1, -0.05) is 0 Å². The zero-order valence-corrected chi connectivity index (χ0v) is 9.35. The fourth-order valence-electron chi connectivity index (χ4n) is 1.44. The van der Waals surface area contributed by atoms with Gasteiger partial charge in [-0.15, -0.1) is 0 Å². The molecular weight excluding hydrogens is 228 g/mol. The molecule has 0 aliphatic carbocycles. The summed E-state index contributed by atoms with van der Waals surface area (Å²) in [5.74, 6) is 0.215. The van der Waals surface area contributed by atoms with E-state index < -0.39 is 10.0 Å². The monoisotopic (exact) mass is 238 g/mol. The zero-order valence-electron chi connectivity index (χ0n) is 8.53. The lowest BCUT2D eigenvalue weighted by Gasteiger charge is -2.08. The van der Waals surface area contributed by atoms with Gasteiger partial charge in [-0.2, -0.15) is 5.10 Å². The Hall–Kier alpha value is -1.73. The van der Waals surface area contributed by atoms with Crippen molar-refractivity contribution in [3.05, 3.63) is 36.3 Å². The Labute approximate surface area is 92.8 Å². The fraction of sp³-hybridized carbons (Fsp3) is 0.111. The van der Waals surface area contributed by atoms with Crippen LogP contribution in [0.15, 0.2) is 35.6 Å². The van der Waals surface area contributed by atoms with E-state index in [1.807, 2.05) is 0 Å². The van der Waals surface area contributed by atoms with Crippen LogP contribution in [0.5, 0.6) is 0 Å². The van der Waals surface area contributed by atoms with E-state index in [1.54, 1.807) is 25.3 Å². The van der Waals surface area contributed by atoms with E-state index in [4.69, 9.17) is 5.14 Å². The van der Waals surface area contributed by atoms with Gasteiger partial charge in [0.25, 0.3) is 0 Å². The van der Waals surface area contributed by atoms with Crippen LogP contribution in [0.2, 0.25) is 0 Å². The van der Waals surface area contributed by atoms with Crippen LogP contribution in [0.1, 0.15) is 5.56 Å². The Morgan fingerprint density at radius 2 is 2.12 bits per heavy atom. The van der Waals surface area contributed by atoms with Gasteiger partial charge in [-0.25, -0.2) is 23.2 Å². The van der Waals surface area contributed by atoms with Crippen molar-refractivity contribution in [1.82, 2.24) is 14.8 Å². The summed E-state index contributed by atoms with van der Waals surface area (Å²) in [5.41, 5.74) is 0.544. The molecule has 84 valence electrons. The molecular formula is C9H10N4O2S. The average molecular weight is 238 g/mol. The molecule has 0 saturated heterocycles. The summed E-state index contributed by atoms with van der Waals surface area (Å²) >= 11 is 0. The minimum Gasteiger partial charge on any atom is -0.236 e. The van der Waals surface area contributed by atoms with Crippen LogP contribution in [0.25, 0.3) is 5.82 Å². The van der Waals surface area contributed by atoms with Crippen molar-refractivity contribution in [3.63, 3.8) is 0 Å². The molecule has 0 amide bonds. The number of sulfonamides is 1. The predicted molar refractivity (Wildman–Crippen MR) is 57.5 cm³/mol. The maximum Gasteiger partial charge on any atom is 0.242 e. The van der Waals surface area contributed by atoms with Crippen molar-refractivity contribution < 1.29 is 8.42 Å². The molecule has 0 aromatic carbocycles. The van der Waals surface area contributed by atoms with E-state index in [-0.39, 0.29) is 10.7 Å². The Bertz CT molecular complexity index is 604. The van der Waals surface area contributed by atoms with Gasteiger partial charge in [0, 0.05) is 18.6 Å². The first-order chi connectivity index (χ1) is 7.50. The van der Waals surface area contributed by atoms with Gasteiger partial charge in [0.2, 0.25) is 10.0 Å². The summed E-state index contributed by atoms with van der Waals surface area (Å²) in [4.78, 5) is 3.99. The lowest BCUT2D eigenvalue weighted by Crippen LogP contribution is -2.18. The van der Waals surface area contributed by atoms with E-state index in [0.29, 0.717) is 5.56 Å². The summed E-state index contributed by atoms with van der Waals surface area (Å²) in [5, 5.41) is 9.09. The SMILES string of the molecule is Cc1ccnc(-n2cccn2)c1S(N)(=O)=O. The fourth-order valence-corrected chi connectivity index (χ4v) is 2.36. The third-order valence-corrected chi connectivity index (χ3v) is 3.16. The maximum atomic E-state index is 11.5. The molecule has 7 heteroatoms. The molecule has 2 heterocycles. The second kappa shape index (κ2) is 3.69. The van der Waals surface area contributed by atoms with E-state index in [1.165, 1.54) is 17.1 Å². The summed E-state index contributed by atoms with van der Waals surface area (Å²) in [6.07, 6.45) is 4.66. The van der Waals surface area contributed by atoms with Gasteiger partial charge in [0.05, 0.1) is 0 Å². The number of hydrogen-bond acceptors (Lipinski definition) is 4. The van der Waals surface area contributed by atoms with Crippen LogP contribution in [0.4, 0.5) is 0 Å². The third kappa shape index (κ3) is 1.82. The van der Waals surface area contributed by atoms with Crippen LogP contribution >= 0.6 is 0 Å². The molecule has 0 spiro atoms. The Kier molecular flexibility index (Phi) is 2.49. The second-order valence-corrected chi connectivity index (χ2v) is 4.77. The Balaban J connectivity index is 2.77. The highest BCUT2D eigenvalue weighted by Crippen LogP contribution is 2.19. The van der Waals surface area contributed by atoms with Gasteiger partial charge in [-0.3, -0.25) is 0 Å². The number of aromatic nitrogens is 3. The van der Waals surface area contributed by atoms with Crippen molar-refractivity contribution in [2.75, 3.05) is 0 Å². The standard InChI is InChI=1S/C9H10N4O2S/c1-7-3-5-11-9(8(7)16(10,14)15)13-6-2-4-12-13/h2-6H,1H3,(H2,10,14,15). The van der Waals surface area contributed by atoms with Gasteiger partial charge < -0.3 is 0 Å². The van der Waals surface area contributed by atoms with Crippen LogP contribution < -0.4 is 5.14 Å². The van der Waals surface area contributed by atoms with Gasteiger partial charge in [0.15, 0.2) is 5.82 Å².